The average Bonchev–Trinajstić information content (AvgIpc) is 2.60. The molecule has 0 aliphatic carbocycles. The summed E-state index contributed by atoms with van der Waals surface area (Å²) >= 11 is 6.26. The minimum absolute atomic E-state index is 0.0204. The Morgan fingerprint density at radius 1 is 1.04 bits per heavy atom. The molecule has 26 heavy (non-hydrogen) atoms. The number of fused-ring (bicyclic) bond motifs is 2. The lowest BCUT2D eigenvalue weighted by Gasteiger charge is -2.28. The van der Waals surface area contributed by atoms with Gasteiger partial charge in [0.05, 0.1) is 5.02 Å². The number of rotatable bonds is 2. The van der Waals surface area contributed by atoms with E-state index in [1.807, 2.05) is 0 Å². The lowest BCUT2D eigenvalue weighted by Crippen LogP contribution is -2.37. The number of benzene rings is 1. The van der Waals surface area contributed by atoms with Crippen LogP contribution < -0.4 is 10.9 Å². The van der Waals surface area contributed by atoms with Gasteiger partial charge < -0.3 is 10.3 Å². The summed E-state index contributed by atoms with van der Waals surface area (Å²) in [6.07, 6.45) is 1.31. The van der Waals surface area contributed by atoms with E-state index in [1.165, 1.54) is 16.4 Å². The van der Waals surface area contributed by atoms with Crippen LogP contribution >= 0.6 is 11.6 Å². The van der Waals surface area contributed by atoms with E-state index in [1.54, 1.807) is 12.1 Å². The van der Waals surface area contributed by atoms with Crippen LogP contribution in [0.25, 0.3) is 0 Å². The summed E-state index contributed by atoms with van der Waals surface area (Å²) in [5.41, 5.74) is 2.64. The predicted octanol–water partition coefficient (Wildman–Crippen LogP) is 1.66. The van der Waals surface area contributed by atoms with Crippen molar-refractivity contribution in [2.45, 2.75) is 30.7 Å². The van der Waals surface area contributed by atoms with Crippen molar-refractivity contribution in [3.63, 3.8) is 0 Å². The van der Waals surface area contributed by atoms with E-state index in [4.69, 9.17) is 11.6 Å². The number of anilines is 1. The van der Waals surface area contributed by atoms with E-state index >= 15 is 0 Å². The molecule has 0 radical (unpaired) electrons. The minimum Gasteiger partial charge on any atom is -0.326 e. The van der Waals surface area contributed by atoms with Gasteiger partial charge in [-0.2, -0.15) is 4.31 Å². The first kappa shape index (κ1) is 17.3. The first-order valence-corrected chi connectivity index (χ1v) is 10.00. The van der Waals surface area contributed by atoms with Crippen LogP contribution in [0.3, 0.4) is 0 Å². The van der Waals surface area contributed by atoms with E-state index in [9.17, 15) is 18.0 Å². The minimum atomic E-state index is -3.84. The van der Waals surface area contributed by atoms with Crippen molar-refractivity contribution in [1.29, 1.82) is 0 Å². The molecule has 1 amide bonds. The Hall–Kier alpha value is -2.16. The Bertz CT molecular complexity index is 1080. The van der Waals surface area contributed by atoms with Crippen LogP contribution in [0, 0.1) is 0 Å². The van der Waals surface area contributed by atoms with Gasteiger partial charge in [-0.15, -0.1) is 0 Å². The van der Waals surface area contributed by atoms with Crippen molar-refractivity contribution in [3.05, 3.63) is 56.5 Å². The third kappa shape index (κ3) is 2.94. The largest absolute Gasteiger partial charge is 0.326 e. The van der Waals surface area contributed by atoms with Crippen LogP contribution in [-0.2, 0) is 34.2 Å². The summed E-state index contributed by atoms with van der Waals surface area (Å²) in [6.45, 7) is 0.406. The van der Waals surface area contributed by atoms with Crippen LogP contribution in [0.1, 0.15) is 23.2 Å². The third-order valence-electron chi connectivity index (χ3n) is 4.73. The normalized spacial score (nSPS) is 17.3. The lowest BCUT2D eigenvalue weighted by molar-refractivity contribution is -0.116. The number of H-pyrrole nitrogens is 1. The highest BCUT2D eigenvalue weighted by Crippen LogP contribution is 2.34. The molecule has 0 fully saturated rings. The van der Waals surface area contributed by atoms with Gasteiger partial charge in [0.25, 0.3) is 0 Å². The second kappa shape index (κ2) is 6.22. The number of aromatic amines is 1. The van der Waals surface area contributed by atoms with Crippen molar-refractivity contribution >= 4 is 33.2 Å². The van der Waals surface area contributed by atoms with Crippen molar-refractivity contribution in [3.8, 4) is 0 Å². The van der Waals surface area contributed by atoms with Crippen LogP contribution in [0.2, 0.25) is 5.02 Å². The Kier molecular flexibility index (Phi) is 4.13. The monoisotopic (exact) mass is 393 g/mol. The first-order valence-electron chi connectivity index (χ1n) is 8.18. The highest BCUT2D eigenvalue weighted by molar-refractivity contribution is 7.89. The molecular weight excluding hydrogens is 378 g/mol. The van der Waals surface area contributed by atoms with Gasteiger partial charge in [-0.05, 0) is 29.7 Å². The number of aromatic nitrogens is 1. The molecule has 4 rings (SSSR count). The highest BCUT2D eigenvalue weighted by atomic mass is 35.5. The number of aryl methyl sites for hydroxylation is 1. The van der Waals surface area contributed by atoms with Crippen molar-refractivity contribution < 1.29 is 13.2 Å². The molecule has 2 aliphatic rings. The van der Waals surface area contributed by atoms with Gasteiger partial charge in [-0.25, -0.2) is 8.42 Å². The molecule has 0 saturated heterocycles. The number of halogens is 1. The Balaban J connectivity index is 1.71. The highest BCUT2D eigenvalue weighted by Gasteiger charge is 2.31. The van der Waals surface area contributed by atoms with Crippen molar-refractivity contribution in [1.82, 2.24) is 9.29 Å². The molecule has 0 spiro atoms. The topological polar surface area (TPSA) is 99.3 Å². The molecule has 3 heterocycles. The third-order valence-corrected chi connectivity index (χ3v) is 7.04. The molecule has 1 aromatic carbocycles. The fraction of sp³-hybridized carbons (Fsp3) is 0.294. The summed E-state index contributed by atoms with van der Waals surface area (Å²) in [4.78, 5) is 25.7. The number of hydrogen-bond acceptors (Lipinski definition) is 4. The van der Waals surface area contributed by atoms with Gasteiger partial charge in [0.1, 0.15) is 4.90 Å². The number of sulfonamides is 1. The van der Waals surface area contributed by atoms with E-state index in [0.717, 1.165) is 16.8 Å². The molecule has 0 unspecified atom stereocenters. The smallest absolute Gasteiger partial charge is 0.248 e. The summed E-state index contributed by atoms with van der Waals surface area (Å²) in [7, 11) is -3.84. The fourth-order valence-electron chi connectivity index (χ4n) is 3.34. The molecule has 0 saturated carbocycles. The quantitative estimate of drug-likeness (QED) is 0.810. The Morgan fingerprint density at radius 2 is 1.85 bits per heavy atom. The van der Waals surface area contributed by atoms with Gasteiger partial charge in [0.2, 0.25) is 21.5 Å². The maximum atomic E-state index is 13.1. The Labute approximate surface area is 155 Å². The van der Waals surface area contributed by atoms with Crippen molar-refractivity contribution in [2.24, 2.45) is 0 Å². The average molecular weight is 394 g/mol. The molecule has 1 aromatic heterocycles. The summed E-state index contributed by atoms with van der Waals surface area (Å²) in [5, 5.41) is 2.85. The second-order valence-corrected chi connectivity index (χ2v) is 8.72. The molecule has 0 bridgehead atoms. The predicted molar refractivity (Wildman–Crippen MR) is 96.8 cm³/mol. The van der Waals surface area contributed by atoms with Crippen molar-refractivity contribution in [2.75, 3.05) is 11.9 Å². The van der Waals surface area contributed by atoms with Crippen LogP contribution in [-0.4, -0.2) is 30.2 Å². The van der Waals surface area contributed by atoms with E-state index in [-0.39, 0.29) is 34.5 Å². The van der Waals surface area contributed by atoms with E-state index in [2.05, 4.69) is 10.3 Å². The number of nitrogens with one attached hydrogen (secondary N) is 2. The number of carbonyl (C=O) groups excluding carboxylic acids is 1. The summed E-state index contributed by atoms with van der Waals surface area (Å²) < 4.78 is 27.6. The number of nitrogens with zero attached hydrogens (tertiary/aromatic N) is 1. The first-order chi connectivity index (χ1) is 12.3. The molecule has 2 aliphatic heterocycles. The molecule has 0 atom stereocenters. The van der Waals surface area contributed by atoms with Gasteiger partial charge in [-0.3, -0.25) is 9.59 Å². The van der Waals surface area contributed by atoms with Gasteiger partial charge in [0, 0.05) is 43.4 Å². The maximum Gasteiger partial charge on any atom is 0.248 e. The maximum absolute atomic E-state index is 13.1. The summed E-state index contributed by atoms with van der Waals surface area (Å²) in [6, 6.07) is 6.08. The zero-order chi connectivity index (χ0) is 18.5. The molecule has 2 N–H and O–H groups in total. The molecule has 7 nitrogen and oxygen atoms in total. The molecule has 136 valence electrons. The number of pyridine rings is 1. The number of hydrogen-bond donors (Lipinski definition) is 2. The van der Waals surface area contributed by atoms with E-state index in [0.29, 0.717) is 24.9 Å². The molecule has 2 aromatic rings. The van der Waals surface area contributed by atoms with Gasteiger partial charge in [0.15, 0.2) is 0 Å². The van der Waals surface area contributed by atoms with E-state index < -0.39 is 10.0 Å². The lowest BCUT2D eigenvalue weighted by atomic mass is 10.0. The zero-order valence-corrected chi connectivity index (χ0v) is 15.3. The zero-order valence-electron chi connectivity index (χ0n) is 13.7. The molecule has 9 heteroatoms. The number of amides is 1. The van der Waals surface area contributed by atoms with Gasteiger partial charge in [-0.1, -0.05) is 17.7 Å². The molecular formula is C17H16ClN3O4S. The fourth-order valence-corrected chi connectivity index (χ4v) is 5.31. The SMILES string of the molecule is O=C1CCc2cc(Cl)c(S(=O)(=O)N3CCc4[nH]c(=O)ccc4C3)cc2N1. The summed E-state index contributed by atoms with van der Waals surface area (Å²) in [5.74, 6) is -0.140. The standard InChI is InChI=1S/C17H16ClN3O4S/c18-12-7-10-1-3-17(23)20-14(10)8-15(12)26(24,25)21-6-5-13-11(9-21)2-4-16(22)19-13/h2,4,7-8H,1,3,5-6,9H2,(H,19,22)(H,20,23). The van der Waals surface area contributed by atoms with Crippen LogP contribution in [0.15, 0.2) is 34.0 Å². The number of carbonyl (C=O) groups is 1. The van der Waals surface area contributed by atoms with Gasteiger partial charge >= 0.3 is 0 Å². The van der Waals surface area contributed by atoms with Crippen LogP contribution in [0.4, 0.5) is 5.69 Å². The van der Waals surface area contributed by atoms with Crippen LogP contribution in [0.5, 0.6) is 0 Å². The second-order valence-electron chi connectivity index (χ2n) is 6.40. The Morgan fingerprint density at radius 3 is 2.65 bits per heavy atom.